The Bertz CT molecular complexity index is 724. The second-order valence-corrected chi connectivity index (χ2v) is 6.50. The van der Waals surface area contributed by atoms with Crippen LogP contribution >= 0.6 is 0 Å². The van der Waals surface area contributed by atoms with Gasteiger partial charge in [0.25, 0.3) is 5.91 Å². The van der Waals surface area contributed by atoms with E-state index in [0.29, 0.717) is 43.7 Å². The fraction of sp³-hybridized carbons (Fsp3) is 0.474. The average Bonchev–Trinajstić information content (AvgIpc) is 3.19. The lowest BCUT2D eigenvalue weighted by molar-refractivity contribution is -0.124. The number of carbonyl (C=O) groups is 2. The number of carbonyl (C=O) groups excluding carboxylic acids is 2. The summed E-state index contributed by atoms with van der Waals surface area (Å²) in [4.78, 5) is 24.1. The largest absolute Gasteiger partial charge is 0.368 e. The third kappa shape index (κ3) is 4.90. The van der Waals surface area contributed by atoms with Gasteiger partial charge in [0.05, 0.1) is 0 Å². The van der Waals surface area contributed by atoms with E-state index in [1.54, 1.807) is 24.3 Å². The lowest BCUT2D eigenvalue weighted by Gasteiger charge is -2.12. The van der Waals surface area contributed by atoms with E-state index in [4.69, 9.17) is 11.2 Å². The normalized spacial score (nSPS) is 19.6. The molecule has 0 aliphatic carbocycles. The summed E-state index contributed by atoms with van der Waals surface area (Å²) in [5.41, 5.74) is 0.903. The van der Waals surface area contributed by atoms with Crippen molar-refractivity contribution in [1.82, 2.24) is 0 Å². The first-order valence-electron chi connectivity index (χ1n) is 8.80. The van der Waals surface area contributed by atoms with Crippen molar-refractivity contribution in [3.63, 3.8) is 0 Å². The second kappa shape index (κ2) is 8.11. The lowest BCUT2D eigenvalue weighted by Crippen LogP contribution is -2.26. The average molecular weight is 354 g/mol. The van der Waals surface area contributed by atoms with E-state index in [0.717, 1.165) is 12.8 Å². The Labute approximate surface area is 152 Å². The van der Waals surface area contributed by atoms with Gasteiger partial charge in [0, 0.05) is 43.7 Å². The molecule has 26 heavy (non-hydrogen) atoms. The molecule has 0 spiro atoms. The first-order valence-corrected chi connectivity index (χ1v) is 8.80. The van der Waals surface area contributed by atoms with Gasteiger partial charge in [0.1, 0.15) is 6.10 Å². The minimum Gasteiger partial charge on any atom is -0.368 e. The number of terminal acetylenes is 1. The molecule has 2 aliphatic rings. The summed E-state index contributed by atoms with van der Waals surface area (Å²) in [7, 11) is 0. The summed E-state index contributed by atoms with van der Waals surface area (Å²) in [6, 6.07) is 7.01. The van der Waals surface area contributed by atoms with Gasteiger partial charge in [-0.05, 0) is 37.1 Å². The van der Waals surface area contributed by atoms with Gasteiger partial charge in [-0.1, -0.05) is 0 Å². The lowest BCUT2D eigenvalue weighted by atomic mass is 10.0. The van der Waals surface area contributed by atoms with Gasteiger partial charge >= 0.3 is 0 Å². The molecule has 2 aliphatic heterocycles. The molecule has 0 aromatic heterocycles. The monoisotopic (exact) mass is 354 g/mol. The third-order valence-electron chi connectivity index (χ3n) is 4.46. The SMILES string of the molecule is C#CCCC1(CCC(=O)Nc2ccc(NC(=O)C3CCCO3)cc2)N=N1. The smallest absolute Gasteiger partial charge is 0.253 e. The summed E-state index contributed by atoms with van der Waals surface area (Å²) in [5.74, 6) is 2.34. The van der Waals surface area contributed by atoms with E-state index in [2.05, 4.69) is 26.8 Å². The molecule has 1 aromatic rings. The quantitative estimate of drug-likeness (QED) is 0.703. The van der Waals surface area contributed by atoms with Crippen LogP contribution in [0.1, 0.15) is 38.5 Å². The Morgan fingerprint density at radius 3 is 2.46 bits per heavy atom. The number of hydrogen-bond donors (Lipinski definition) is 2. The number of anilines is 2. The molecule has 1 atom stereocenters. The van der Waals surface area contributed by atoms with Crippen molar-refractivity contribution in [2.24, 2.45) is 10.2 Å². The Balaban J connectivity index is 1.43. The second-order valence-electron chi connectivity index (χ2n) is 6.50. The summed E-state index contributed by atoms with van der Waals surface area (Å²) >= 11 is 0. The van der Waals surface area contributed by atoms with Crippen LogP contribution in [0.5, 0.6) is 0 Å². The molecule has 7 heteroatoms. The van der Waals surface area contributed by atoms with Crippen LogP contribution in [0, 0.1) is 12.3 Å². The number of benzene rings is 1. The van der Waals surface area contributed by atoms with Crippen molar-refractivity contribution in [3.8, 4) is 12.3 Å². The van der Waals surface area contributed by atoms with Crippen LogP contribution in [0.4, 0.5) is 11.4 Å². The zero-order chi connectivity index (χ0) is 18.4. The van der Waals surface area contributed by atoms with E-state index in [9.17, 15) is 9.59 Å². The topological polar surface area (TPSA) is 92.2 Å². The van der Waals surface area contributed by atoms with E-state index in [-0.39, 0.29) is 17.9 Å². The Kier molecular flexibility index (Phi) is 5.64. The fourth-order valence-corrected chi connectivity index (χ4v) is 2.85. The van der Waals surface area contributed by atoms with Crippen LogP contribution in [0.2, 0.25) is 0 Å². The maximum absolute atomic E-state index is 12.1. The molecule has 7 nitrogen and oxygen atoms in total. The number of nitrogens with one attached hydrogen (secondary N) is 2. The number of rotatable bonds is 8. The zero-order valence-corrected chi connectivity index (χ0v) is 14.5. The van der Waals surface area contributed by atoms with Crippen molar-refractivity contribution in [2.45, 2.75) is 50.3 Å². The van der Waals surface area contributed by atoms with Crippen molar-refractivity contribution >= 4 is 23.2 Å². The number of hydrogen-bond acceptors (Lipinski definition) is 5. The molecule has 136 valence electrons. The summed E-state index contributed by atoms with van der Waals surface area (Å²) in [6.45, 7) is 0.633. The standard InChI is InChI=1S/C19H22N4O3/c1-2-3-11-19(22-23-19)12-10-17(24)20-14-6-8-15(9-7-14)21-18(25)16-5-4-13-26-16/h1,6-9,16H,3-5,10-13H2,(H,20,24)(H,21,25). The Hall–Kier alpha value is -2.72. The van der Waals surface area contributed by atoms with Crippen molar-refractivity contribution in [3.05, 3.63) is 24.3 Å². The van der Waals surface area contributed by atoms with Crippen molar-refractivity contribution in [1.29, 1.82) is 0 Å². The maximum atomic E-state index is 12.1. The summed E-state index contributed by atoms with van der Waals surface area (Å²) in [5, 5.41) is 13.7. The first-order chi connectivity index (χ1) is 12.6. The molecule has 3 rings (SSSR count). The molecule has 1 fully saturated rings. The predicted molar refractivity (Wildman–Crippen MR) is 97.6 cm³/mol. The number of amides is 2. The van der Waals surface area contributed by atoms with Crippen molar-refractivity contribution < 1.29 is 14.3 Å². The summed E-state index contributed by atoms with van der Waals surface area (Å²) in [6.07, 6.45) is 8.74. The van der Waals surface area contributed by atoms with E-state index < -0.39 is 5.66 Å². The van der Waals surface area contributed by atoms with Crippen LogP contribution in [0.3, 0.4) is 0 Å². The molecular weight excluding hydrogens is 332 g/mol. The molecule has 0 bridgehead atoms. The molecule has 2 amide bonds. The minimum absolute atomic E-state index is 0.0986. The first kappa shape index (κ1) is 18.1. The Morgan fingerprint density at radius 2 is 1.88 bits per heavy atom. The zero-order valence-electron chi connectivity index (χ0n) is 14.5. The molecule has 1 unspecified atom stereocenters. The van der Waals surface area contributed by atoms with Crippen LogP contribution in [0.25, 0.3) is 0 Å². The van der Waals surface area contributed by atoms with E-state index in [1.807, 2.05) is 0 Å². The van der Waals surface area contributed by atoms with E-state index in [1.165, 1.54) is 0 Å². The van der Waals surface area contributed by atoms with Crippen LogP contribution in [-0.4, -0.2) is 30.2 Å². The molecule has 1 aromatic carbocycles. The van der Waals surface area contributed by atoms with Crippen LogP contribution in [0.15, 0.2) is 34.5 Å². The molecule has 0 radical (unpaired) electrons. The third-order valence-corrected chi connectivity index (χ3v) is 4.46. The summed E-state index contributed by atoms with van der Waals surface area (Å²) < 4.78 is 5.35. The van der Waals surface area contributed by atoms with Gasteiger partial charge in [-0.15, -0.1) is 12.3 Å². The molecule has 0 saturated carbocycles. The Morgan fingerprint density at radius 1 is 1.19 bits per heavy atom. The van der Waals surface area contributed by atoms with Gasteiger partial charge in [0.15, 0.2) is 5.66 Å². The van der Waals surface area contributed by atoms with Crippen LogP contribution < -0.4 is 10.6 Å². The molecule has 2 heterocycles. The molecular formula is C19H22N4O3. The van der Waals surface area contributed by atoms with Gasteiger partial charge in [0.2, 0.25) is 5.91 Å². The van der Waals surface area contributed by atoms with Gasteiger partial charge < -0.3 is 15.4 Å². The van der Waals surface area contributed by atoms with Gasteiger partial charge in [-0.25, -0.2) is 0 Å². The predicted octanol–water partition coefficient (Wildman–Crippen LogP) is 3.10. The van der Waals surface area contributed by atoms with Crippen LogP contribution in [-0.2, 0) is 14.3 Å². The number of nitrogens with zero attached hydrogens (tertiary/aromatic N) is 2. The highest BCUT2D eigenvalue weighted by Crippen LogP contribution is 2.37. The highest BCUT2D eigenvalue weighted by atomic mass is 16.5. The highest BCUT2D eigenvalue weighted by molar-refractivity contribution is 5.95. The number of ether oxygens (including phenoxy) is 1. The van der Waals surface area contributed by atoms with Crippen molar-refractivity contribution in [2.75, 3.05) is 17.2 Å². The minimum atomic E-state index is -0.444. The van der Waals surface area contributed by atoms with Gasteiger partial charge in [-0.3, -0.25) is 9.59 Å². The fourth-order valence-electron chi connectivity index (χ4n) is 2.85. The highest BCUT2D eigenvalue weighted by Gasteiger charge is 2.39. The van der Waals surface area contributed by atoms with Gasteiger partial charge in [-0.2, -0.15) is 10.2 Å². The molecule has 1 saturated heterocycles. The maximum Gasteiger partial charge on any atom is 0.253 e. The van der Waals surface area contributed by atoms with E-state index >= 15 is 0 Å². The molecule has 2 N–H and O–H groups in total.